The lowest BCUT2D eigenvalue weighted by molar-refractivity contribution is -0.117. The number of amides is 2. The Kier molecular flexibility index (Phi) is 4.14. The molecular weight excluding hydrogens is 332 g/mol. The van der Waals surface area contributed by atoms with Gasteiger partial charge in [0.2, 0.25) is 5.91 Å². The molecule has 0 radical (unpaired) electrons. The van der Waals surface area contributed by atoms with E-state index in [1.54, 1.807) is 29.1 Å². The fraction of sp³-hybridized carbons (Fsp3) is 0.421. The number of H-pyrrole nitrogens is 1. The Balaban J connectivity index is 1.74. The molecule has 0 unspecified atom stereocenters. The van der Waals surface area contributed by atoms with Crippen LogP contribution in [0.15, 0.2) is 30.6 Å². The van der Waals surface area contributed by atoms with Crippen molar-refractivity contribution in [2.45, 2.75) is 45.3 Å². The topological polar surface area (TPSA) is 78.5 Å². The van der Waals surface area contributed by atoms with Crippen molar-refractivity contribution in [3.63, 3.8) is 0 Å². The molecule has 7 nitrogen and oxygen atoms in total. The maximum Gasteiger partial charge on any atom is 0.414 e. The van der Waals surface area contributed by atoms with Crippen LogP contribution in [0.5, 0.6) is 0 Å². The van der Waals surface area contributed by atoms with Gasteiger partial charge < -0.3 is 9.64 Å². The molecular formula is C19H22N4O3. The molecule has 1 atom stereocenters. The maximum absolute atomic E-state index is 12.8. The fourth-order valence-electron chi connectivity index (χ4n) is 3.56. The monoisotopic (exact) mass is 354 g/mol. The minimum absolute atomic E-state index is 0.0177. The molecule has 26 heavy (non-hydrogen) atoms. The van der Waals surface area contributed by atoms with Crippen molar-refractivity contribution in [1.29, 1.82) is 0 Å². The van der Waals surface area contributed by atoms with Crippen LogP contribution in [0.25, 0.3) is 11.1 Å². The number of fused-ring (bicyclic) bond motifs is 1. The van der Waals surface area contributed by atoms with Crippen LogP contribution < -0.4 is 9.80 Å². The van der Waals surface area contributed by atoms with Crippen LogP contribution in [-0.4, -0.2) is 40.9 Å². The van der Waals surface area contributed by atoms with Crippen LogP contribution in [0.3, 0.4) is 0 Å². The summed E-state index contributed by atoms with van der Waals surface area (Å²) in [6, 6.07) is 5.63. The lowest BCUT2D eigenvalue weighted by atomic mass is 9.96. The Morgan fingerprint density at radius 3 is 2.65 bits per heavy atom. The summed E-state index contributed by atoms with van der Waals surface area (Å²) >= 11 is 0. The zero-order chi connectivity index (χ0) is 18.3. The fourth-order valence-corrected chi connectivity index (χ4v) is 3.56. The third-order valence-electron chi connectivity index (χ3n) is 5.12. The zero-order valence-corrected chi connectivity index (χ0v) is 14.9. The predicted molar refractivity (Wildman–Crippen MR) is 98.1 cm³/mol. The number of carbonyl (C=O) groups excluding carboxylic acids is 2. The molecule has 1 aromatic carbocycles. The molecule has 7 heteroatoms. The first-order valence-electron chi connectivity index (χ1n) is 8.95. The molecule has 1 aromatic heterocycles. The van der Waals surface area contributed by atoms with Crippen LogP contribution in [0.1, 0.15) is 33.1 Å². The second kappa shape index (κ2) is 6.48. The highest BCUT2D eigenvalue weighted by molar-refractivity contribution is 6.03. The van der Waals surface area contributed by atoms with Crippen molar-refractivity contribution in [3.8, 4) is 11.1 Å². The average Bonchev–Trinajstić information content (AvgIpc) is 3.11. The number of hydrogen-bond donors (Lipinski definition) is 1. The van der Waals surface area contributed by atoms with Gasteiger partial charge in [-0.1, -0.05) is 6.07 Å². The highest BCUT2D eigenvalue weighted by Crippen LogP contribution is 2.39. The summed E-state index contributed by atoms with van der Waals surface area (Å²) in [4.78, 5) is 28.3. The molecule has 2 aliphatic rings. The molecule has 1 fully saturated rings. The average molecular weight is 354 g/mol. The van der Waals surface area contributed by atoms with Crippen LogP contribution in [-0.2, 0) is 9.53 Å². The Bertz CT molecular complexity index is 829. The summed E-state index contributed by atoms with van der Waals surface area (Å²) in [7, 11) is 0. The van der Waals surface area contributed by atoms with Crippen molar-refractivity contribution in [3.05, 3.63) is 30.6 Å². The molecule has 1 saturated carbocycles. The van der Waals surface area contributed by atoms with E-state index in [0.717, 1.165) is 36.1 Å². The van der Waals surface area contributed by atoms with Crippen molar-refractivity contribution in [1.82, 2.24) is 10.2 Å². The van der Waals surface area contributed by atoms with E-state index >= 15 is 0 Å². The van der Waals surface area contributed by atoms with Gasteiger partial charge in [-0.3, -0.25) is 14.8 Å². The standard InChI is InChI=1S/C19H22N4O3/c1-12-11-22(19(25)26-16-4-3-5-16)18-8-14(15-9-20-21-10-15)6-7-17(18)23(12)13(2)24/h6-10,12,16H,3-5,11H2,1-2H3,(H,20,21)/t12-/m0/s1. The first-order valence-corrected chi connectivity index (χ1v) is 8.95. The van der Waals surface area contributed by atoms with E-state index in [2.05, 4.69) is 10.2 Å². The Morgan fingerprint density at radius 2 is 2.04 bits per heavy atom. The van der Waals surface area contributed by atoms with Crippen LogP contribution in [0.4, 0.5) is 16.2 Å². The SMILES string of the molecule is CC(=O)N1c2ccc(-c3cn[nH]c3)cc2N(C(=O)OC2CCC2)C[C@@H]1C. The Morgan fingerprint density at radius 1 is 1.23 bits per heavy atom. The van der Waals surface area contributed by atoms with Crippen LogP contribution >= 0.6 is 0 Å². The second-order valence-electron chi connectivity index (χ2n) is 6.98. The molecule has 0 spiro atoms. The first kappa shape index (κ1) is 16.6. The smallest absolute Gasteiger partial charge is 0.414 e. The zero-order valence-electron chi connectivity index (χ0n) is 14.9. The largest absolute Gasteiger partial charge is 0.446 e. The van der Waals surface area contributed by atoms with Crippen molar-refractivity contribution < 1.29 is 14.3 Å². The Labute approximate surface area is 151 Å². The van der Waals surface area contributed by atoms with E-state index in [4.69, 9.17) is 4.74 Å². The number of aromatic nitrogens is 2. The quantitative estimate of drug-likeness (QED) is 0.897. The molecule has 1 N–H and O–H groups in total. The number of carbonyl (C=O) groups is 2. The minimum Gasteiger partial charge on any atom is -0.446 e. The highest BCUT2D eigenvalue weighted by Gasteiger charge is 2.36. The Hall–Kier alpha value is -2.83. The van der Waals surface area contributed by atoms with Gasteiger partial charge in [0.1, 0.15) is 6.10 Å². The van der Waals surface area contributed by atoms with Gasteiger partial charge in [-0.2, -0.15) is 5.10 Å². The number of hydrogen-bond acceptors (Lipinski definition) is 4. The van der Waals surface area contributed by atoms with Gasteiger partial charge in [0.25, 0.3) is 0 Å². The molecule has 1 aliphatic carbocycles. The predicted octanol–water partition coefficient (Wildman–Crippen LogP) is 3.33. The molecule has 4 rings (SSSR count). The van der Waals surface area contributed by atoms with Gasteiger partial charge in [-0.05, 0) is 43.9 Å². The third kappa shape index (κ3) is 2.83. The van der Waals surface area contributed by atoms with Crippen molar-refractivity contribution >= 4 is 23.4 Å². The number of aromatic amines is 1. The summed E-state index contributed by atoms with van der Waals surface area (Å²) in [5.41, 5.74) is 3.28. The van der Waals surface area contributed by atoms with Gasteiger partial charge in [-0.25, -0.2) is 4.79 Å². The third-order valence-corrected chi connectivity index (χ3v) is 5.12. The van der Waals surface area contributed by atoms with Gasteiger partial charge >= 0.3 is 6.09 Å². The normalized spacial score (nSPS) is 19.7. The van der Waals surface area contributed by atoms with E-state index in [0.29, 0.717) is 12.2 Å². The van der Waals surface area contributed by atoms with E-state index in [1.165, 1.54) is 0 Å². The van der Waals surface area contributed by atoms with E-state index in [-0.39, 0.29) is 24.1 Å². The molecule has 2 heterocycles. The number of nitrogens with one attached hydrogen (secondary N) is 1. The molecule has 0 bridgehead atoms. The highest BCUT2D eigenvalue weighted by atomic mass is 16.6. The molecule has 136 valence electrons. The summed E-state index contributed by atoms with van der Waals surface area (Å²) in [5.74, 6) is -0.0400. The van der Waals surface area contributed by atoms with Gasteiger partial charge in [0, 0.05) is 25.2 Å². The maximum atomic E-state index is 12.8. The van der Waals surface area contributed by atoms with Crippen molar-refractivity contribution in [2.24, 2.45) is 0 Å². The molecule has 2 aromatic rings. The number of ether oxygens (including phenoxy) is 1. The number of rotatable bonds is 2. The lowest BCUT2D eigenvalue weighted by Crippen LogP contribution is -2.52. The minimum atomic E-state index is -0.338. The lowest BCUT2D eigenvalue weighted by Gasteiger charge is -2.41. The van der Waals surface area contributed by atoms with Gasteiger partial charge in [0.05, 0.1) is 23.6 Å². The van der Waals surface area contributed by atoms with Crippen LogP contribution in [0, 0.1) is 0 Å². The first-order chi connectivity index (χ1) is 12.5. The summed E-state index contributed by atoms with van der Waals surface area (Å²) < 4.78 is 5.62. The van der Waals surface area contributed by atoms with E-state index in [1.807, 2.05) is 25.1 Å². The molecule has 2 amide bonds. The number of anilines is 2. The molecule has 0 saturated heterocycles. The summed E-state index contributed by atoms with van der Waals surface area (Å²) in [5, 5.41) is 6.78. The van der Waals surface area contributed by atoms with Crippen LogP contribution in [0.2, 0.25) is 0 Å². The summed E-state index contributed by atoms with van der Waals surface area (Å²) in [6.45, 7) is 3.90. The summed E-state index contributed by atoms with van der Waals surface area (Å²) in [6.07, 6.45) is 6.17. The second-order valence-corrected chi connectivity index (χ2v) is 6.98. The van der Waals surface area contributed by atoms with E-state index < -0.39 is 0 Å². The van der Waals surface area contributed by atoms with Gasteiger partial charge in [-0.15, -0.1) is 0 Å². The number of benzene rings is 1. The molecule has 1 aliphatic heterocycles. The van der Waals surface area contributed by atoms with Crippen molar-refractivity contribution in [2.75, 3.05) is 16.3 Å². The van der Waals surface area contributed by atoms with Gasteiger partial charge in [0.15, 0.2) is 0 Å². The van der Waals surface area contributed by atoms with E-state index in [9.17, 15) is 9.59 Å². The number of nitrogens with zero attached hydrogens (tertiary/aromatic N) is 3.